The van der Waals surface area contributed by atoms with Crippen molar-refractivity contribution in [2.24, 2.45) is 11.8 Å². The van der Waals surface area contributed by atoms with Gasteiger partial charge in [0.2, 0.25) is 0 Å². The van der Waals surface area contributed by atoms with Gasteiger partial charge in [-0.3, -0.25) is 4.79 Å². The third-order valence-corrected chi connectivity index (χ3v) is 6.58. The van der Waals surface area contributed by atoms with Crippen LogP contribution in [0.2, 0.25) is 0 Å². The summed E-state index contributed by atoms with van der Waals surface area (Å²) in [5, 5.41) is 0. The zero-order valence-electron chi connectivity index (χ0n) is 19.7. The molecule has 2 aromatic rings. The average molecular weight is 454 g/mol. The van der Waals surface area contributed by atoms with Crippen molar-refractivity contribution < 1.29 is 23.5 Å². The molecule has 3 atom stereocenters. The van der Waals surface area contributed by atoms with E-state index in [-0.39, 0.29) is 11.8 Å². The van der Waals surface area contributed by atoms with Crippen LogP contribution in [0.4, 0.5) is 9.18 Å². The molecule has 0 aromatic heterocycles. The zero-order chi connectivity index (χ0) is 23.8. The second kappa shape index (κ2) is 9.16. The van der Waals surface area contributed by atoms with Crippen LogP contribution in [0.25, 0.3) is 0 Å². The molecule has 4 rings (SSSR count). The number of cyclic esters (lactones) is 1. The van der Waals surface area contributed by atoms with Gasteiger partial charge in [0.05, 0.1) is 6.04 Å². The fourth-order valence-corrected chi connectivity index (χ4v) is 5.06. The summed E-state index contributed by atoms with van der Waals surface area (Å²) in [5.74, 6) is -0.795. The van der Waals surface area contributed by atoms with Crippen LogP contribution in [-0.2, 0) is 16.1 Å². The van der Waals surface area contributed by atoms with Crippen LogP contribution in [0.3, 0.4) is 0 Å². The lowest BCUT2D eigenvalue weighted by Gasteiger charge is -2.32. The lowest BCUT2D eigenvalue weighted by atomic mass is 9.86. The number of alkyl halides is 1. The fraction of sp³-hybridized carbons (Fsp3) is 0.481. The Balaban J connectivity index is 1.55. The Morgan fingerprint density at radius 3 is 2.48 bits per heavy atom. The highest BCUT2D eigenvalue weighted by Gasteiger charge is 2.55. The standard InChI is InChI=1S/C27H32FNO4/c1-17(2)24-27(3,4)33-26(31)29(24)25(30)23(28)22(19-13-14-19)20-11-8-12-21(15-20)32-16-18-9-6-5-7-10-18/h5-12,15,17,19,22-24H,13-14,16H2,1-4H3. The summed E-state index contributed by atoms with van der Waals surface area (Å²) in [4.78, 5) is 26.9. The van der Waals surface area contributed by atoms with Gasteiger partial charge in [0.1, 0.15) is 18.0 Å². The minimum Gasteiger partial charge on any atom is -0.489 e. The summed E-state index contributed by atoms with van der Waals surface area (Å²) in [6.07, 6.45) is -0.876. The van der Waals surface area contributed by atoms with Gasteiger partial charge < -0.3 is 9.47 Å². The van der Waals surface area contributed by atoms with E-state index in [1.165, 1.54) is 0 Å². The second-order valence-corrected chi connectivity index (χ2v) is 9.98. The molecule has 0 spiro atoms. The molecule has 6 heteroatoms. The zero-order valence-corrected chi connectivity index (χ0v) is 19.7. The molecular formula is C27H32FNO4. The number of nitrogens with zero attached hydrogens (tertiary/aromatic N) is 1. The van der Waals surface area contributed by atoms with Crippen LogP contribution in [0.5, 0.6) is 5.75 Å². The first-order valence-corrected chi connectivity index (χ1v) is 11.7. The topological polar surface area (TPSA) is 55.8 Å². The van der Waals surface area contributed by atoms with Gasteiger partial charge in [-0.2, -0.15) is 0 Å². The number of carbonyl (C=O) groups excluding carboxylic acids is 2. The molecule has 0 bridgehead atoms. The van der Waals surface area contributed by atoms with E-state index < -0.39 is 35.7 Å². The van der Waals surface area contributed by atoms with Crippen LogP contribution in [0.15, 0.2) is 54.6 Å². The third kappa shape index (κ3) is 4.90. The molecule has 1 saturated heterocycles. The molecule has 1 heterocycles. The number of halogens is 1. The smallest absolute Gasteiger partial charge is 0.417 e. The average Bonchev–Trinajstić information content (AvgIpc) is 3.56. The van der Waals surface area contributed by atoms with E-state index in [0.717, 1.165) is 28.9 Å². The maximum absolute atomic E-state index is 15.9. The van der Waals surface area contributed by atoms with Crippen LogP contribution >= 0.6 is 0 Å². The summed E-state index contributed by atoms with van der Waals surface area (Å²) in [5.41, 5.74) is 0.896. The summed E-state index contributed by atoms with van der Waals surface area (Å²) >= 11 is 0. The highest BCUT2D eigenvalue weighted by Crippen LogP contribution is 2.47. The number of carbonyl (C=O) groups is 2. The van der Waals surface area contributed by atoms with E-state index in [4.69, 9.17) is 9.47 Å². The fourth-order valence-electron chi connectivity index (χ4n) is 5.06. The first kappa shape index (κ1) is 23.3. The number of ether oxygens (including phenoxy) is 2. The van der Waals surface area contributed by atoms with E-state index in [0.29, 0.717) is 12.4 Å². The minimum absolute atomic E-state index is 0.0586. The third-order valence-electron chi connectivity index (χ3n) is 6.58. The minimum atomic E-state index is -1.83. The van der Waals surface area contributed by atoms with Gasteiger partial charge in [-0.1, -0.05) is 56.3 Å². The van der Waals surface area contributed by atoms with E-state index in [1.807, 2.05) is 68.4 Å². The van der Waals surface area contributed by atoms with Crippen molar-refractivity contribution in [3.05, 3.63) is 65.7 Å². The van der Waals surface area contributed by atoms with Crippen LogP contribution in [0.1, 0.15) is 57.6 Å². The van der Waals surface area contributed by atoms with Crippen molar-refractivity contribution >= 4 is 12.0 Å². The van der Waals surface area contributed by atoms with Crippen LogP contribution in [0, 0.1) is 11.8 Å². The molecule has 3 unspecified atom stereocenters. The van der Waals surface area contributed by atoms with Crippen molar-refractivity contribution in [2.45, 2.75) is 70.9 Å². The Bertz CT molecular complexity index is 1000. The molecule has 1 saturated carbocycles. The maximum atomic E-state index is 15.9. The van der Waals surface area contributed by atoms with E-state index >= 15 is 4.39 Å². The molecule has 2 fully saturated rings. The Morgan fingerprint density at radius 1 is 1.15 bits per heavy atom. The van der Waals surface area contributed by atoms with Gasteiger partial charge in [0.25, 0.3) is 5.91 Å². The molecular weight excluding hydrogens is 421 g/mol. The largest absolute Gasteiger partial charge is 0.489 e. The first-order chi connectivity index (χ1) is 15.7. The molecule has 33 heavy (non-hydrogen) atoms. The summed E-state index contributed by atoms with van der Waals surface area (Å²) in [6, 6.07) is 16.6. The first-order valence-electron chi connectivity index (χ1n) is 11.7. The predicted octanol–water partition coefficient (Wildman–Crippen LogP) is 5.88. The van der Waals surface area contributed by atoms with Gasteiger partial charge >= 0.3 is 6.09 Å². The molecule has 1 aliphatic heterocycles. The quantitative estimate of drug-likeness (QED) is 0.501. The molecule has 0 radical (unpaired) electrons. The van der Waals surface area contributed by atoms with E-state index in [1.54, 1.807) is 13.8 Å². The maximum Gasteiger partial charge on any atom is 0.417 e. The Kier molecular flexibility index (Phi) is 6.46. The van der Waals surface area contributed by atoms with Crippen LogP contribution < -0.4 is 4.74 Å². The van der Waals surface area contributed by atoms with E-state index in [2.05, 4.69) is 0 Å². The van der Waals surface area contributed by atoms with Gasteiger partial charge in [-0.05, 0) is 61.8 Å². The summed E-state index contributed by atoms with van der Waals surface area (Å²) in [6.45, 7) is 7.76. The molecule has 5 nitrogen and oxygen atoms in total. The van der Waals surface area contributed by atoms with Crippen molar-refractivity contribution in [3.63, 3.8) is 0 Å². The SMILES string of the molecule is CC(C)C1N(C(=O)C(F)C(c2cccc(OCc3ccccc3)c2)C2CC2)C(=O)OC1(C)C. The predicted molar refractivity (Wildman–Crippen MR) is 124 cm³/mol. The van der Waals surface area contributed by atoms with Crippen molar-refractivity contribution in [1.82, 2.24) is 4.90 Å². The van der Waals surface area contributed by atoms with Crippen molar-refractivity contribution in [1.29, 1.82) is 0 Å². The van der Waals surface area contributed by atoms with Gasteiger partial charge in [0.15, 0.2) is 6.17 Å². The molecule has 2 aliphatic rings. The molecule has 0 N–H and O–H groups in total. The second-order valence-electron chi connectivity index (χ2n) is 9.98. The lowest BCUT2D eigenvalue weighted by Crippen LogP contribution is -2.51. The molecule has 176 valence electrons. The number of hydrogen-bond acceptors (Lipinski definition) is 4. The number of amides is 2. The number of benzene rings is 2. The van der Waals surface area contributed by atoms with Gasteiger partial charge in [0, 0.05) is 5.92 Å². The molecule has 2 aromatic carbocycles. The Morgan fingerprint density at radius 2 is 1.85 bits per heavy atom. The number of imide groups is 1. The Hall–Kier alpha value is -2.89. The number of rotatable bonds is 8. The van der Waals surface area contributed by atoms with Crippen molar-refractivity contribution in [2.75, 3.05) is 0 Å². The van der Waals surface area contributed by atoms with Gasteiger partial charge in [-0.15, -0.1) is 0 Å². The lowest BCUT2D eigenvalue weighted by molar-refractivity contribution is -0.136. The molecule has 2 amide bonds. The Labute approximate surface area is 194 Å². The normalized spacial score (nSPS) is 21.6. The van der Waals surface area contributed by atoms with Gasteiger partial charge in [-0.25, -0.2) is 14.1 Å². The monoisotopic (exact) mass is 453 g/mol. The van der Waals surface area contributed by atoms with Crippen molar-refractivity contribution in [3.8, 4) is 5.75 Å². The highest BCUT2D eigenvalue weighted by molar-refractivity contribution is 5.97. The highest BCUT2D eigenvalue weighted by atomic mass is 19.1. The van der Waals surface area contributed by atoms with Crippen LogP contribution in [-0.4, -0.2) is 34.7 Å². The summed E-state index contributed by atoms with van der Waals surface area (Å²) in [7, 11) is 0. The summed E-state index contributed by atoms with van der Waals surface area (Å²) < 4.78 is 27.3. The van der Waals surface area contributed by atoms with E-state index in [9.17, 15) is 9.59 Å². The number of hydrogen-bond donors (Lipinski definition) is 0. The molecule has 1 aliphatic carbocycles.